The monoisotopic (exact) mass is 355 g/mol. The molecule has 0 radical (unpaired) electrons. The summed E-state index contributed by atoms with van der Waals surface area (Å²) in [6.45, 7) is 5.95. The van der Waals surface area contributed by atoms with E-state index in [1.54, 1.807) is 22.7 Å². The highest BCUT2D eigenvalue weighted by Gasteiger charge is 2.11. The number of imidazole rings is 1. The zero-order valence-electron chi connectivity index (χ0n) is 10.7. The normalized spacial score (nSPS) is 11.5. The molecule has 3 aromatic rings. The molecular weight excluding hydrogens is 342 g/mol. The van der Waals surface area contributed by atoms with Crippen LogP contribution in [0.25, 0.3) is 4.96 Å². The lowest BCUT2D eigenvalue weighted by molar-refractivity contribution is 0.677. The second kappa shape index (κ2) is 5.36. The predicted molar refractivity (Wildman–Crippen MR) is 85.1 cm³/mol. The molecule has 0 saturated heterocycles. The number of thiophene rings is 1. The second-order valence-corrected chi connectivity index (χ2v) is 7.83. The van der Waals surface area contributed by atoms with Gasteiger partial charge in [-0.2, -0.15) is 0 Å². The van der Waals surface area contributed by atoms with Crippen molar-refractivity contribution in [3.8, 4) is 0 Å². The molecule has 0 atom stereocenters. The summed E-state index contributed by atoms with van der Waals surface area (Å²) in [4.78, 5) is 7.03. The van der Waals surface area contributed by atoms with E-state index in [0.717, 1.165) is 23.7 Å². The van der Waals surface area contributed by atoms with Crippen molar-refractivity contribution in [1.82, 2.24) is 14.7 Å². The summed E-state index contributed by atoms with van der Waals surface area (Å²) >= 11 is 6.96. The van der Waals surface area contributed by atoms with Crippen LogP contribution < -0.4 is 5.32 Å². The van der Waals surface area contributed by atoms with E-state index in [-0.39, 0.29) is 0 Å². The van der Waals surface area contributed by atoms with E-state index in [4.69, 9.17) is 0 Å². The summed E-state index contributed by atoms with van der Waals surface area (Å²) < 4.78 is 3.43. The summed E-state index contributed by atoms with van der Waals surface area (Å²) in [6.07, 6.45) is 0. The van der Waals surface area contributed by atoms with Crippen molar-refractivity contribution in [2.75, 3.05) is 0 Å². The standard InChI is InChI=1S/C13H14BrN3S2/c1-8-7-18-13-16-9(2)11(17(8)13)6-15-5-10-3-4-12(14)19-10/h3-4,7,15H,5-6H2,1-2H3. The minimum absolute atomic E-state index is 0.847. The first kappa shape index (κ1) is 13.3. The van der Waals surface area contributed by atoms with Crippen LogP contribution in [0, 0.1) is 13.8 Å². The van der Waals surface area contributed by atoms with Crippen LogP contribution in [0.3, 0.4) is 0 Å². The second-order valence-electron chi connectivity index (χ2n) is 4.45. The zero-order valence-corrected chi connectivity index (χ0v) is 14.0. The fourth-order valence-electron chi connectivity index (χ4n) is 2.13. The highest BCUT2D eigenvalue weighted by atomic mass is 79.9. The van der Waals surface area contributed by atoms with Gasteiger partial charge in [0.1, 0.15) is 0 Å². The quantitative estimate of drug-likeness (QED) is 0.762. The number of aryl methyl sites for hydroxylation is 2. The number of fused-ring (bicyclic) bond motifs is 1. The predicted octanol–water partition coefficient (Wildman–Crippen LogP) is 4.13. The fourth-order valence-corrected chi connectivity index (χ4v) is 4.51. The maximum atomic E-state index is 4.60. The molecule has 3 heterocycles. The van der Waals surface area contributed by atoms with Crippen LogP contribution in [0.15, 0.2) is 21.3 Å². The Morgan fingerprint density at radius 2 is 2.16 bits per heavy atom. The average Bonchev–Trinajstić information content (AvgIpc) is 3.01. The highest BCUT2D eigenvalue weighted by molar-refractivity contribution is 9.11. The number of halogens is 1. The number of aromatic nitrogens is 2. The van der Waals surface area contributed by atoms with E-state index in [2.05, 4.69) is 62.0 Å². The van der Waals surface area contributed by atoms with Gasteiger partial charge in [-0.05, 0) is 41.9 Å². The number of hydrogen-bond donors (Lipinski definition) is 1. The van der Waals surface area contributed by atoms with Crippen LogP contribution in [-0.2, 0) is 13.1 Å². The Bertz CT molecular complexity index is 711. The molecule has 0 bridgehead atoms. The molecule has 0 aliphatic heterocycles. The van der Waals surface area contributed by atoms with Crippen molar-refractivity contribution < 1.29 is 0 Å². The summed E-state index contributed by atoms with van der Waals surface area (Å²) in [6, 6.07) is 4.24. The first-order valence-electron chi connectivity index (χ1n) is 6.02. The van der Waals surface area contributed by atoms with Crippen LogP contribution in [0.2, 0.25) is 0 Å². The van der Waals surface area contributed by atoms with Crippen LogP contribution in [0.4, 0.5) is 0 Å². The lowest BCUT2D eigenvalue weighted by Crippen LogP contribution is -2.14. The molecule has 3 rings (SSSR count). The highest BCUT2D eigenvalue weighted by Crippen LogP contribution is 2.23. The SMILES string of the molecule is Cc1nc2scc(C)n2c1CNCc1ccc(Br)s1. The van der Waals surface area contributed by atoms with Gasteiger partial charge >= 0.3 is 0 Å². The van der Waals surface area contributed by atoms with Crippen molar-refractivity contribution in [2.24, 2.45) is 0 Å². The van der Waals surface area contributed by atoms with Gasteiger partial charge in [-0.1, -0.05) is 0 Å². The smallest absolute Gasteiger partial charge is 0.194 e. The van der Waals surface area contributed by atoms with Crippen LogP contribution in [0.1, 0.15) is 22.0 Å². The lowest BCUT2D eigenvalue weighted by Gasteiger charge is -2.04. The molecule has 3 nitrogen and oxygen atoms in total. The molecule has 0 aliphatic carbocycles. The van der Waals surface area contributed by atoms with E-state index >= 15 is 0 Å². The van der Waals surface area contributed by atoms with E-state index in [1.807, 2.05) is 0 Å². The maximum absolute atomic E-state index is 4.60. The van der Waals surface area contributed by atoms with Gasteiger partial charge in [0.05, 0.1) is 15.2 Å². The topological polar surface area (TPSA) is 29.3 Å². The molecule has 0 aliphatic rings. The minimum atomic E-state index is 0.847. The molecule has 100 valence electrons. The van der Waals surface area contributed by atoms with Gasteiger partial charge in [0.2, 0.25) is 0 Å². The number of thiazole rings is 1. The van der Waals surface area contributed by atoms with Crippen molar-refractivity contribution in [2.45, 2.75) is 26.9 Å². The van der Waals surface area contributed by atoms with E-state index in [0.29, 0.717) is 0 Å². The van der Waals surface area contributed by atoms with E-state index in [1.165, 1.54) is 20.1 Å². The molecule has 1 N–H and O–H groups in total. The average molecular weight is 356 g/mol. The fraction of sp³-hybridized carbons (Fsp3) is 0.308. The molecule has 0 unspecified atom stereocenters. The molecule has 0 fully saturated rings. The summed E-state index contributed by atoms with van der Waals surface area (Å²) in [5.74, 6) is 0. The van der Waals surface area contributed by atoms with Gasteiger partial charge in [-0.25, -0.2) is 4.98 Å². The molecule has 0 amide bonds. The van der Waals surface area contributed by atoms with Gasteiger partial charge < -0.3 is 5.32 Å². The largest absolute Gasteiger partial charge is 0.306 e. The third kappa shape index (κ3) is 2.63. The Balaban J connectivity index is 1.74. The Hall–Kier alpha value is -0.690. The molecule has 0 aromatic carbocycles. The Labute approximate surface area is 128 Å². The first-order valence-corrected chi connectivity index (χ1v) is 8.51. The molecular formula is C13H14BrN3S2. The third-order valence-corrected chi connectivity index (χ3v) is 5.62. The molecule has 19 heavy (non-hydrogen) atoms. The van der Waals surface area contributed by atoms with Crippen LogP contribution >= 0.6 is 38.6 Å². The van der Waals surface area contributed by atoms with Crippen molar-refractivity contribution in [3.63, 3.8) is 0 Å². The Kier molecular flexibility index (Phi) is 3.75. The maximum Gasteiger partial charge on any atom is 0.194 e. The zero-order chi connectivity index (χ0) is 13.4. The van der Waals surface area contributed by atoms with Gasteiger partial charge in [0, 0.05) is 29.0 Å². The van der Waals surface area contributed by atoms with Crippen LogP contribution in [0.5, 0.6) is 0 Å². The van der Waals surface area contributed by atoms with Crippen LogP contribution in [-0.4, -0.2) is 9.38 Å². The number of hydrogen-bond acceptors (Lipinski definition) is 4. The molecule has 3 aromatic heterocycles. The summed E-state index contributed by atoms with van der Waals surface area (Å²) in [5.41, 5.74) is 3.65. The number of nitrogens with one attached hydrogen (secondary N) is 1. The minimum Gasteiger partial charge on any atom is -0.306 e. The van der Waals surface area contributed by atoms with E-state index in [9.17, 15) is 0 Å². The van der Waals surface area contributed by atoms with E-state index < -0.39 is 0 Å². The third-order valence-electron chi connectivity index (χ3n) is 3.05. The Morgan fingerprint density at radius 1 is 1.32 bits per heavy atom. The molecule has 6 heteroatoms. The van der Waals surface area contributed by atoms with Crippen molar-refractivity contribution in [3.05, 3.63) is 43.3 Å². The van der Waals surface area contributed by atoms with Gasteiger partial charge in [0.15, 0.2) is 4.96 Å². The molecule has 0 spiro atoms. The number of rotatable bonds is 4. The molecule has 0 saturated carbocycles. The van der Waals surface area contributed by atoms with Gasteiger partial charge in [-0.15, -0.1) is 22.7 Å². The van der Waals surface area contributed by atoms with Gasteiger partial charge in [0.25, 0.3) is 0 Å². The first-order chi connectivity index (χ1) is 9.15. The summed E-state index contributed by atoms with van der Waals surface area (Å²) in [5, 5.41) is 5.66. The van der Waals surface area contributed by atoms with Gasteiger partial charge in [-0.3, -0.25) is 4.40 Å². The summed E-state index contributed by atoms with van der Waals surface area (Å²) in [7, 11) is 0. The lowest BCUT2D eigenvalue weighted by atomic mass is 10.3. The van der Waals surface area contributed by atoms with Crippen molar-refractivity contribution in [1.29, 1.82) is 0 Å². The Morgan fingerprint density at radius 3 is 2.89 bits per heavy atom. The van der Waals surface area contributed by atoms with Crippen molar-refractivity contribution >= 4 is 43.6 Å². The number of nitrogens with zero attached hydrogens (tertiary/aromatic N) is 2.